The average molecular weight is 404 g/mol. The van der Waals surface area contributed by atoms with Crippen molar-refractivity contribution < 1.29 is 4.79 Å². The van der Waals surface area contributed by atoms with Gasteiger partial charge >= 0.3 is 0 Å². The first kappa shape index (κ1) is 20.8. The molecule has 0 unspecified atom stereocenters. The SMILES string of the molecule is C[C@H](C(=O)N[C@@H]1CCCc2ccccc21)N1CCN(C/C=C/c2ccccc2)CC1. The number of carbonyl (C=O) groups is 1. The van der Waals surface area contributed by atoms with E-state index in [1.54, 1.807) is 0 Å². The van der Waals surface area contributed by atoms with Gasteiger partial charge in [-0.15, -0.1) is 0 Å². The van der Waals surface area contributed by atoms with E-state index in [0.29, 0.717) is 0 Å². The Labute approximate surface area is 180 Å². The Balaban J connectivity index is 1.25. The number of benzene rings is 2. The maximum absolute atomic E-state index is 13.0. The molecule has 0 saturated carbocycles. The second kappa shape index (κ2) is 10.1. The smallest absolute Gasteiger partial charge is 0.237 e. The molecule has 2 aromatic rings. The summed E-state index contributed by atoms with van der Waals surface area (Å²) in [5, 5.41) is 3.33. The molecular weight excluding hydrogens is 370 g/mol. The molecule has 4 heteroatoms. The van der Waals surface area contributed by atoms with E-state index in [9.17, 15) is 4.79 Å². The lowest BCUT2D eigenvalue weighted by atomic mass is 9.87. The monoisotopic (exact) mass is 403 g/mol. The molecule has 0 bridgehead atoms. The molecule has 2 aromatic carbocycles. The zero-order valence-electron chi connectivity index (χ0n) is 18.0. The zero-order chi connectivity index (χ0) is 20.8. The number of nitrogens with zero attached hydrogens (tertiary/aromatic N) is 2. The third-order valence-electron chi connectivity index (χ3n) is 6.49. The summed E-state index contributed by atoms with van der Waals surface area (Å²) < 4.78 is 0. The molecule has 0 radical (unpaired) electrons. The van der Waals surface area contributed by atoms with Crippen LogP contribution >= 0.6 is 0 Å². The van der Waals surface area contributed by atoms with Crippen molar-refractivity contribution in [2.45, 2.75) is 38.3 Å². The van der Waals surface area contributed by atoms with Gasteiger partial charge in [0.2, 0.25) is 5.91 Å². The van der Waals surface area contributed by atoms with Crippen molar-refractivity contribution in [2.24, 2.45) is 0 Å². The predicted octanol–water partition coefficient (Wildman–Crippen LogP) is 3.90. The molecule has 1 fully saturated rings. The normalized spacial score (nSPS) is 21.3. The van der Waals surface area contributed by atoms with Crippen molar-refractivity contribution in [1.29, 1.82) is 0 Å². The summed E-state index contributed by atoms with van der Waals surface area (Å²) in [5.74, 6) is 0.161. The van der Waals surface area contributed by atoms with E-state index in [0.717, 1.165) is 52.0 Å². The molecule has 2 aliphatic rings. The van der Waals surface area contributed by atoms with Crippen LogP contribution in [0.1, 0.15) is 42.5 Å². The van der Waals surface area contributed by atoms with Crippen LogP contribution in [-0.4, -0.2) is 54.5 Å². The van der Waals surface area contributed by atoms with Crippen LogP contribution in [-0.2, 0) is 11.2 Å². The zero-order valence-corrected chi connectivity index (χ0v) is 18.0. The highest BCUT2D eigenvalue weighted by Gasteiger charge is 2.28. The molecular formula is C26H33N3O. The summed E-state index contributed by atoms with van der Waals surface area (Å²) in [7, 11) is 0. The van der Waals surface area contributed by atoms with E-state index in [1.165, 1.54) is 16.7 Å². The molecule has 2 atom stereocenters. The van der Waals surface area contributed by atoms with E-state index in [1.807, 2.05) is 6.07 Å². The van der Waals surface area contributed by atoms with Crippen LogP contribution in [0.2, 0.25) is 0 Å². The Morgan fingerprint density at radius 3 is 2.60 bits per heavy atom. The van der Waals surface area contributed by atoms with Crippen molar-refractivity contribution in [2.75, 3.05) is 32.7 Å². The maximum Gasteiger partial charge on any atom is 0.237 e. The Kier molecular flexibility index (Phi) is 6.98. The third-order valence-corrected chi connectivity index (χ3v) is 6.49. The molecule has 1 N–H and O–H groups in total. The Hall–Kier alpha value is -2.43. The average Bonchev–Trinajstić information content (AvgIpc) is 2.80. The number of aryl methyl sites for hydroxylation is 1. The summed E-state index contributed by atoms with van der Waals surface area (Å²) in [4.78, 5) is 17.7. The standard InChI is InChI=1S/C26H33N3O/c1-21(26(30)27-25-15-7-13-23-12-5-6-14-24(23)25)29-19-17-28(18-20-29)16-8-11-22-9-3-2-4-10-22/h2-6,8-12,14,21,25H,7,13,15-20H2,1H3,(H,27,30)/b11-8+/t21-,25-/m1/s1. The predicted molar refractivity (Wildman–Crippen MR) is 123 cm³/mol. The summed E-state index contributed by atoms with van der Waals surface area (Å²) in [6.07, 6.45) is 7.73. The van der Waals surface area contributed by atoms with Crippen LogP contribution in [0.4, 0.5) is 0 Å². The number of nitrogens with one attached hydrogen (secondary N) is 1. The van der Waals surface area contributed by atoms with Crippen molar-refractivity contribution in [3.63, 3.8) is 0 Å². The van der Waals surface area contributed by atoms with Crippen LogP contribution in [0, 0.1) is 0 Å². The lowest BCUT2D eigenvalue weighted by Crippen LogP contribution is -2.54. The van der Waals surface area contributed by atoms with Crippen LogP contribution in [0.5, 0.6) is 0 Å². The number of piperazine rings is 1. The van der Waals surface area contributed by atoms with E-state index in [4.69, 9.17) is 0 Å². The van der Waals surface area contributed by atoms with Crippen molar-refractivity contribution in [3.05, 3.63) is 77.4 Å². The summed E-state index contributed by atoms with van der Waals surface area (Å²) in [6.45, 7) is 6.90. The fraction of sp³-hybridized carbons (Fsp3) is 0.423. The number of fused-ring (bicyclic) bond motifs is 1. The quantitative estimate of drug-likeness (QED) is 0.795. The molecule has 0 spiro atoms. The van der Waals surface area contributed by atoms with Gasteiger partial charge in [0.05, 0.1) is 12.1 Å². The second-order valence-electron chi connectivity index (χ2n) is 8.48. The van der Waals surface area contributed by atoms with E-state index >= 15 is 0 Å². The molecule has 30 heavy (non-hydrogen) atoms. The lowest BCUT2D eigenvalue weighted by molar-refractivity contribution is -0.127. The molecule has 158 valence electrons. The minimum absolute atomic E-state index is 0.0823. The molecule has 1 aliphatic heterocycles. The molecule has 1 amide bonds. The van der Waals surface area contributed by atoms with Crippen LogP contribution in [0.3, 0.4) is 0 Å². The first-order chi connectivity index (χ1) is 14.7. The van der Waals surface area contributed by atoms with Gasteiger partial charge < -0.3 is 5.32 Å². The summed E-state index contributed by atoms with van der Waals surface area (Å²) >= 11 is 0. The largest absolute Gasteiger partial charge is 0.348 e. The van der Waals surface area contributed by atoms with Gasteiger partial charge in [-0.3, -0.25) is 14.6 Å². The number of hydrogen-bond donors (Lipinski definition) is 1. The van der Waals surface area contributed by atoms with Crippen LogP contribution in [0.25, 0.3) is 6.08 Å². The topological polar surface area (TPSA) is 35.6 Å². The van der Waals surface area contributed by atoms with Crippen molar-refractivity contribution >= 4 is 12.0 Å². The highest BCUT2D eigenvalue weighted by atomic mass is 16.2. The minimum Gasteiger partial charge on any atom is -0.348 e. The first-order valence-corrected chi connectivity index (χ1v) is 11.3. The van der Waals surface area contributed by atoms with Gasteiger partial charge in [-0.2, -0.15) is 0 Å². The second-order valence-corrected chi connectivity index (χ2v) is 8.48. The highest BCUT2D eigenvalue weighted by molar-refractivity contribution is 5.81. The minimum atomic E-state index is -0.0823. The third kappa shape index (κ3) is 5.18. The Bertz CT molecular complexity index is 856. The number of hydrogen-bond acceptors (Lipinski definition) is 3. The van der Waals surface area contributed by atoms with E-state index < -0.39 is 0 Å². The Morgan fingerprint density at radius 1 is 1.07 bits per heavy atom. The van der Waals surface area contributed by atoms with Crippen LogP contribution < -0.4 is 5.32 Å². The highest BCUT2D eigenvalue weighted by Crippen LogP contribution is 2.29. The fourth-order valence-corrected chi connectivity index (χ4v) is 4.60. The fourth-order valence-electron chi connectivity index (χ4n) is 4.60. The first-order valence-electron chi connectivity index (χ1n) is 11.3. The van der Waals surface area contributed by atoms with E-state index in [-0.39, 0.29) is 18.0 Å². The molecule has 4 rings (SSSR count). The lowest BCUT2D eigenvalue weighted by Gasteiger charge is -2.37. The van der Waals surface area contributed by atoms with Gasteiger partial charge in [0, 0.05) is 32.7 Å². The van der Waals surface area contributed by atoms with E-state index in [2.05, 4.69) is 82.7 Å². The number of carbonyl (C=O) groups excluding carboxylic acids is 1. The van der Waals surface area contributed by atoms with Crippen molar-refractivity contribution in [3.8, 4) is 0 Å². The van der Waals surface area contributed by atoms with Gasteiger partial charge in [-0.05, 0) is 42.9 Å². The maximum atomic E-state index is 13.0. The van der Waals surface area contributed by atoms with Crippen molar-refractivity contribution in [1.82, 2.24) is 15.1 Å². The van der Waals surface area contributed by atoms with Gasteiger partial charge in [-0.25, -0.2) is 0 Å². The van der Waals surface area contributed by atoms with Crippen LogP contribution in [0.15, 0.2) is 60.7 Å². The Morgan fingerprint density at radius 2 is 1.80 bits per heavy atom. The molecule has 1 heterocycles. The van der Waals surface area contributed by atoms with Gasteiger partial charge in [0.25, 0.3) is 0 Å². The molecule has 1 saturated heterocycles. The van der Waals surface area contributed by atoms with Gasteiger partial charge in [-0.1, -0.05) is 66.7 Å². The van der Waals surface area contributed by atoms with Gasteiger partial charge in [0.1, 0.15) is 0 Å². The molecule has 1 aliphatic carbocycles. The number of rotatable bonds is 6. The number of amides is 1. The molecule has 0 aromatic heterocycles. The summed E-state index contributed by atoms with van der Waals surface area (Å²) in [6, 6.07) is 19.1. The summed E-state index contributed by atoms with van der Waals surface area (Å²) in [5.41, 5.74) is 3.93. The molecule has 4 nitrogen and oxygen atoms in total. The van der Waals surface area contributed by atoms with Gasteiger partial charge in [0.15, 0.2) is 0 Å².